The summed E-state index contributed by atoms with van der Waals surface area (Å²) in [5.74, 6) is 1.39. The van der Waals surface area contributed by atoms with Crippen LogP contribution < -0.4 is 9.64 Å². The van der Waals surface area contributed by atoms with Crippen molar-refractivity contribution in [2.45, 2.75) is 18.9 Å². The summed E-state index contributed by atoms with van der Waals surface area (Å²) in [5.41, 5.74) is 0. The van der Waals surface area contributed by atoms with Gasteiger partial charge in [-0.15, -0.1) is 0 Å². The molecule has 0 spiro atoms. The van der Waals surface area contributed by atoms with Gasteiger partial charge in [0.2, 0.25) is 11.8 Å². The van der Waals surface area contributed by atoms with Crippen molar-refractivity contribution < 1.29 is 9.47 Å². The lowest BCUT2D eigenvalue weighted by molar-refractivity contribution is 0.0158. The van der Waals surface area contributed by atoms with Crippen molar-refractivity contribution in [2.75, 3.05) is 51.4 Å². The molecule has 0 radical (unpaired) electrons. The third kappa shape index (κ3) is 3.02. The molecule has 2 fully saturated rings. The first-order valence-corrected chi connectivity index (χ1v) is 7.30. The van der Waals surface area contributed by atoms with E-state index in [0.717, 1.165) is 45.3 Å². The first-order valence-electron chi connectivity index (χ1n) is 7.30. The van der Waals surface area contributed by atoms with Gasteiger partial charge in [0.1, 0.15) is 0 Å². The number of piperazine rings is 1. The number of methoxy groups -OCH3 is 1. The Balaban J connectivity index is 1.57. The highest BCUT2D eigenvalue weighted by Gasteiger charge is 2.26. The van der Waals surface area contributed by atoms with Gasteiger partial charge in [-0.2, -0.15) is 4.98 Å². The van der Waals surface area contributed by atoms with E-state index in [1.54, 1.807) is 19.4 Å². The van der Waals surface area contributed by atoms with Gasteiger partial charge >= 0.3 is 0 Å². The van der Waals surface area contributed by atoms with Crippen LogP contribution in [0.3, 0.4) is 0 Å². The second-order valence-electron chi connectivity index (χ2n) is 5.29. The fraction of sp³-hybridized carbons (Fsp3) is 0.714. The molecular weight excluding hydrogens is 256 g/mol. The van der Waals surface area contributed by atoms with Gasteiger partial charge in [0.15, 0.2) is 0 Å². The van der Waals surface area contributed by atoms with E-state index < -0.39 is 0 Å². The molecule has 0 bridgehead atoms. The first kappa shape index (κ1) is 13.6. The maximum absolute atomic E-state index is 5.58. The molecule has 3 heterocycles. The largest absolute Gasteiger partial charge is 0.481 e. The monoisotopic (exact) mass is 278 g/mol. The summed E-state index contributed by atoms with van der Waals surface area (Å²) in [5, 5.41) is 0. The summed E-state index contributed by atoms with van der Waals surface area (Å²) >= 11 is 0. The molecule has 2 aliphatic heterocycles. The van der Waals surface area contributed by atoms with Crippen LogP contribution in [0.2, 0.25) is 0 Å². The van der Waals surface area contributed by atoms with Gasteiger partial charge in [0, 0.05) is 51.1 Å². The third-order valence-corrected chi connectivity index (χ3v) is 4.08. The van der Waals surface area contributed by atoms with Crippen molar-refractivity contribution >= 4 is 5.95 Å². The quantitative estimate of drug-likeness (QED) is 0.814. The van der Waals surface area contributed by atoms with Crippen LogP contribution >= 0.6 is 0 Å². The Kier molecular flexibility index (Phi) is 4.32. The number of rotatable bonds is 3. The van der Waals surface area contributed by atoms with Crippen LogP contribution in [0.5, 0.6) is 5.88 Å². The molecule has 0 aromatic carbocycles. The molecule has 1 atom stereocenters. The summed E-state index contributed by atoms with van der Waals surface area (Å²) in [7, 11) is 1.63. The van der Waals surface area contributed by atoms with Gasteiger partial charge in [0.25, 0.3) is 0 Å². The van der Waals surface area contributed by atoms with Crippen LogP contribution in [-0.2, 0) is 4.74 Å². The Labute approximate surface area is 119 Å². The number of hydrogen-bond acceptors (Lipinski definition) is 6. The van der Waals surface area contributed by atoms with Crippen LogP contribution in [0.25, 0.3) is 0 Å². The second-order valence-corrected chi connectivity index (χ2v) is 5.29. The van der Waals surface area contributed by atoms with Crippen LogP contribution in [0.15, 0.2) is 12.3 Å². The fourth-order valence-electron chi connectivity index (χ4n) is 2.90. The van der Waals surface area contributed by atoms with Gasteiger partial charge in [-0.1, -0.05) is 0 Å². The van der Waals surface area contributed by atoms with Crippen LogP contribution in [0.1, 0.15) is 12.8 Å². The molecule has 20 heavy (non-hydrogen) atoms. The zero-order chi connectivity index (χ0) is 13.8. The number of hydrogen-bond donors (Lipinski definition) is 0. The predicted octanol–water partition coefficient (Wildman–Crippen LogP) is 0.786. The molecule has 1 aromatic rings. The van der Waals surface area contributed by atoms with E-state index in [-0.39, 0.29) is 0 Å². The zero-order valence-corrected chi connectivity index (χ0v) is 12.0. The number of anilines is 1. The molecule has 110 valence electrons. The molecule has 0 N–H and O–H groups in total. The van der Waals surface area contributed by atoms with Gasteiger partial charge in [-0.25, -0.2) is 4.98 Å². The van der Waals surface area contributed by atoms with E-state index in [1.165, 1.54) is 12.8 Å². The lowest BCUT2D eigenvalue weighted by Crippen LogP contribution is -2.52. The first-order chi connectivity index (χ1) is 9.86. The number of ether oxygens (including phenoxy) is 2. The summed E-state index contributed by atoms with van der Waals surface area (Å²) in [6.45, 7) is 5.83. The smallest absolute Gasteiger partial charge is 0.228 e. The molecule has 6 nitrogen and oxygen atoms in total. The summed E-state index contributed by atoms with van der Waals surface area (Å²) in [6.07, 6.45) is 4.20. The summed E-state index contributed by atoms with van der Waals surface area (Å²) in [6, 6.07) is 2.37. The van der Waals surface area contributed by atoms with E-state index >= 15 is 0 Å². The lowest BCUT2D eigenvalue weighted by atomic mass is 10.1. The van der Waals surface area contributed by atoms with E-state index in [1.807, 2.05) is 0 Å². The van der Waals surface area contributed by atoms with Crippen molar-refractivity contribution in [1.82, 2.24) is 14.9 Å². The zero-order valence-electron chi connectivity index (χ0n) is 12.0. The van der Waals surface area contributed by atoms with Crippen molar-refractivity contribution in [3.05, 3.63) is 12.3 Å². The van der Waals surface area contributed by atoms with Crippen LogP contribution in [0.4, 0.5) is 5.95 Å². The van der Waals surface area contributed by atoms with Gasteiger partial charge < -0.3 is 14.4 Å². The van der Waals surface area contributed by atoms with Gasteiger partial charge in [-0.3, -0.25) is 4.90 Å². The Morgan fingerprint density at radius 3 is 2.85 bits per heavy atom. The number of aromatic nitrogens is 2. The fourth-order valence-corrected chi connectivity index (χ4v) is 2.90. The Hall–Kier alpha value is -1.40. The molecule has 2 saturated heterocycles. The van der Waals surface area contributed by atoms with Crippen LogP contribution in [-0.4, -0.2) is 67.4 Å². The molecule has 3 rings (SSSR count). The third-order valence-electron chi connectivity index (χ3n) is 4.08. The normalized spacial score (nSPS) is 24.6. The van der Waals surface area contributed by atoms with E-state index in [2.05, 4.69) is 19.8 Å². The van der Waals surface area contributed by atoms with E-state index in [4.69, 9.17) is 9.47 Å². The SMILES string of the molecule is COc1ccnc(N2CCN([C@@H]3CCCOC3)CC2)n1. The molecule has 6 heteroatoms. The maximum Gasteiger partial charge on any atom is 0.228 e. The highest BCUT2D eigenvalue weighted by Crippen LogP contribution is 2.18. The van der Waals surface area contributed by atoms with Crippen molar-refractivity contribution in [2.24, 2.45) is 0 Å². The topological polar surface area (TPSA) is 50.7 Å². The summed E-state index contributed by atoms with van der Waals surface area (Å²) in [4.78, 5) is 13.5. The highest BCUT2D eigenvalue weighted by atomic mass is 16.5. The van der Waals surface area contributed by atoms with E-state index in [9.17, 15) is 0 Å². The second kappa shape index (κ2) is 6.37. The predicted molar refractivity (Wildman–Crippen MR) is 76.2 cm³/mol. The molecule has 0 aliphatic carbocycles. The standard InChI is InChI=1S/C14H22N4O2/c1-19-13-4-5-15-14(16-13)18-8-6-17(7-9-18)12-3-2-10-20-11-12/h4-5,12H,2-3,6-11H2,1H3/t12-/m1/s1. The average molecular weight is 278 g/mol. The van der Waals surface area contributed by atoms with Gasteiger partial charge in [0.05, 0.1) is 13.7 Å². The minimum Gasteiger partial charge on any atom is -0.481 e. The Bertz CT molecular complexity index is 429. The minimum atomic E-state index is 0.595. The molecule has 0 unspecified atom stereocenters. The van der Waals surface area contributed by atoms with Crippen molar-refractivity contribution in [1.29, 1.82) is 0 Å². The Morgan fingerprint density at radius 1 is 1.30 bits per heavy atom. The molecule has 1 aromatic heterocycles. The molecule has 0 saturated carbocycles. The van der Waals surface area contributed by atoms with Gasteiger partial charge in [-0.05, 0) is 12.8 Å². The maximum atomic E-state index is 5.58. The minimum absolute atomic E-state index is 0.595. The lowest BCUT2D eigenvalue weighted by Gasteiger charge is -2.40. The van der Waals surface area contributed by atoms with E-state index in [0.29, 0.717) is 11.9 Å². The van der Waals surface area contributed by atoms with Crippen molar-refractivity contribution in [3.8, 4) is 5.88 Å². The highest BCUT2D eigenvalue weighted by molar-refractivity contribution is 5.32. The summed E-state index contributed by atoms with van der Waals surface area (Å²) < 4.78 is 10.7. The number of nitrogens with zero attached hydrogens (tertiary/aromatic N) is 4. The molecule has 0 amide bonds. The van der Waals surface area contributed by atoms with Crippen LogP contribution in [0, 0.1) is 0 Å². The van der Waals surface area contributed by atoms with Crippen molar-refractivity contribution in [3.63, 3.8) is 0 Å². The average Bonchev–Trinajstić information content (AvgIpc) is 2.56. The molecular formula is C14H22N4O2. The Morgan fingerprint density at radius 2 is 2.15 bits per heavy atom. The molecule has 2 aliphatic rings.